The predicted octanol–water partition coefficient (Wildman–Crippen LogP) is 5.43. The van der Waals surface area contributed by atoms with Crippen LogP contribution in [0.5, 0.6) is 0 Å². The lowest BCUT2D eigenvalue weighted by Crippen LogP contribution is -2.22. The second-order valence-corrected chi connectivity index (χ2v) is 5.60. The van der Waals surface area contributed by atoms with Gasteiger partial charge in [-0.3, -0.25) is 0 Å². The summed E-state index contributed by atoms with van der Waals surface area (Å²) < 4.78 is 0. The van der Waals surface area contributed by atoms with Crippen molar-refractivity contribution in [3.8, 4) is 0 Å². The normalized spacial score (nSPS) is 12.2. The molecule has 0 fully saturated rings. The molecule has 0 spiro atoms. The van der Waals surface area contributed by atoms with Crippen molar-refractivity contribution in [3.63, 3.8) is 0 Å². The molecule has 0 aliphatic heterocycles. The summed E-state index contributed by atoms with van der Waals surface area (Å²) in [5, 5.41) is 1.64. The van der Waals surface area contributed by atoms with Gasteiger partial charge < -0.3 is 4.90 Å². The molecule has 3 heteroatoms. The van der Waals surface area contributed by atoms with Gasteiger partial charge in [-0.05, 0) is 36.2 Å². The minimum Gasteiger partial charge on any atom is -0.368 e. The summed E-state index contributed by atoms with van der Waals surface area (Å²) in [5.74, 6) is 0. The van der Waals surface area contributed by atoms with Crippen molar-refractivity contribution in [2.24, 2.45) is 0 Å². The van der Waals surface area contributed by atoms with Gasteiger partial charge in [-0.25, -0.2) is 0 Å². The Balaban J connectivity index is 2.28. The highest BCUT2D eigenvalue weighted by Gasteiger charge is 2.14. The molecule has 0 aromatic heterocycles. The van der Waals surface area contributed by atoms with Crippen LogP contribution in [-0.2, 0) is 5.33 Å². The third kappa shape index (κ3) is 3.31. The fourth-order valence-electron chi connectivity index (χ4n) is 2.14. The average molecular weight is 339 g/mol. The van der Waals surface area contributed by atoms with Crippen molar-refractivity contribution in [1.29, 1.82) is 0 Å². The number of hydrogen-bond donors (Lipinski definition) is 0. The second-order valence-electron chi connectivity index (χ2n) is 4.60. The van der Waals surface area contributed by atoms with E-state index in [1.165, 1.54) is 16.8 Å². The SMILES string of the molecule is CC(c1ccc(Cl)cc1)N(C)c1ccccc1CBr. The monoisotopic (exact) mass is 337 g/mol. The molecule has 0 amide bonds. The molecule has 1 nitrogen and oxygen atoms in total. The van der Waals surface area contributed by atoms with Crippen molar-refractivity contribution in [3.05, 3.63) is 64.7 Å². The minimum atomic E-state index is 0.303. The number of para-hydroxylation sites is 1. The number of anilines is 1. The Hall–Kier alpha value is -0.990. The molecule has 1 atom stereocenters. The van der Waals surface area contributed by atoms with Crippen LogP contribution in [0.3, 0.4) is 0 Å². The molecule has 2 aromatic rings. The van der Waals surface area contributed by atoms with Gasteiger partial charge in [-0.1, -0.05) is 57.9 Å². The zero-order chi connectivity index (χ0) is 13.8. The van der Waals surface area contributed by atoms with Crippen LogP contribution in [-0.4, -0.2) is 7.05 Å². The van der Waals surface area contributed by atoms with Crippen LogP contribution in [0.25, 0.3) is 0 Å². The average Bonchev–Trinajstić information content (AvgIpc) is 2.46. The zero-order valence-electron chi connectivity index (χ0n) is 11.1. The maximum Gasteiger partial charge on any atom is 0.0511 e. The number of halogens is 2. The summed E-state index contributed by atoms with van der Waals surface area (Å²) in [6.07, 6.45) is 0. The Kier molecular flexibility index (Phi) is 4.89. The molecule has 0 bridgehead atoms. The number of nitrogens with zero attached hydrogens (tertiary/aromatic N) is 1. The molecule has 2 aromatic carbocycles. The predicted molar refractivity (Wildman–Crippen MR) is 87.3 cm³/mol. The first-order valence-corrected chi connectivity index (χ1v) is 7.75. The third-order valence-corrected chi connectivity index (χ3v) is 4.31. The Labute approximate surface area is 128 Å². The fourth-order valence-corrected chi connectivity index (χ4v) is 2.74. The third-order valence-electron chi connectivity index (χ3n) is 3.45. The molecule has 0 N–H and O–H groups in total. The van der Waals surface area contributed by atoms with Gasteiger partial charge >= 0.3 is 0 Å². The van der Waals surface area contributed by atoms with Gasteiger partial charge in [-0.2, -0.15) is 0 Å². The summed E-state index contributed by atoms with van der Waals surface area (Å²) >= 11 is 9.49. The van der Waals surface area contributed by atoms with E-state index >= 15 is 0 Å². The van der Waals surface area contributed by atoms with E-state index in [-0.39, 0.29) is 0 Å². The topological polar surface area (TPSA) is 3.24 Å². The van der Waals surface area contributed by atoms with Crippen LogP contribution in [0, 0.1) is 0 Å². The maximum absolute atomic E-state index is 5.94. The van der Waals surface area contributed by atoms with Crippen LogP contribution in [0.15, 0.2) is 48.5 Å². The first-order chi connectivity index (χ1) is 9.13. The maximum atomic E-state index is 5.94. The summed E-state index contributed by atoms with van der Waals surface area (Å²) in [6.45, 7) is 2.20. The molecule has 19 heavy (non-hydrogen) atoms. The molecule has 0 saturated heterocycles. The van der Waals surface area contributed by atoms with Crippen LogP contribution in [0.1, 0.15) is 24.1 Å². The molecule has 0 aliphatic rings. The first kappa shape index (κ1) is 14.4. The van der Waals surface area contributed by atoms with Gasteiger partial charge in [-0.15, -0.1) is 0 Å². The van der Waals surface area contributed by atoms with Gasteiger partial charge in [0, 0.05) is 23.1 Å². The lowest BCUT2D eigenvalue weighted by atomic mass is 10.1. The molecule has 0 heterocycles. The van der Waals surface area contributed by atoms with E-state index in [1.807, 2.05) is 12.1 Å². The summed E-state index contributed by atoms with van der Waals surface area (Å²) in [4.78, 5) is 2.29. The summed E-state index contributed by atoms with van der Waals surface area (Å²) in [5.41, 5.74) is 3.81. The van der Waals surface area contributed by atoms with Crippen LogP contribution >= 0.6 is 27.5 Å². The quantitative estimate of drug-likeness (QED) is 0.672. The highest BCUT2D eigenvalue weighted by atomic mass is 79.9. The standard InChI is InChI=1S/C16H17BrClN/c1-12(13-7-9-15(18)10-8-13)19(2)16-6-4-3-5-14(16)11-17/h3-10,12H,11H2,1-2H3. The first-order valence-electron chi connectivity index (χ1n) is 6.25. The molecular weight excluding hydrogens is 322 g/mol. The zero-order valence-corrected chi connectivity index (χ0v) is 13.4. The smallest absolute Gasteiger partial charge is 0.0511 e. The molecule has 1 unspecified atom stereocenters. The Bertz CT molecular complexity index is 539. The van der Waals surface area contributed by atoms with E-state index in [1.54, 1.807) is 0 Å². The van der Waals surface area contributed by atoms with E-state index in [4.69, 9.17) is 11.6 Å². The van der Waals surface area contributed by atoms with Crippen LogP contribution in [0.4, 0.5) is 5.69 Å². The fraction of sp³-hybridized carbons (Fsp3) is 0.250. The van der Waals surface area contributed by atoms with Gasteiger partial charge in [0.15, 0.2) is 0 Å². The van der Waals surface area contributed by atoms with Crippen LogP contribution < -0.4 is 4.90 Å². The van der Waals surface area contributed by atoms with E-state index in [2.05, 4.69) is 71.2 Å². The second kappa shape index (κ2) is 6.44. The molecule has 0 radical (unpaired) electrons. The Morgan fingerprint density at radius 2 is 1.74 bits per heavy atom. The van der Waals surface area contributed by atoms with Crippen molar-refractivity contribution >= 4 is 33.2 Å². The van der Waals surface area contributed by atoms with E-state index in [0.29, 0.717) is 6.04 Å². The van der Waals surface area contributed by atoms with E-state index in [0.717, 1.165) is 10.4 Å². The minimum absolute atomic E-state index is 0.303. The highest BCUT2D eigenvalue weighted by molar-refractivity contribution is 9.08. The van der Waals surface area contributed by atoms with Crippen LogP contribution in [0.2, 0.25) is 5.02 Å². The van der Waals surface area contributed by atoms with E-state index < -0.39 is 0 Å². The van der Waals surface area contributed by atoms with Gasteiger partial charge in [0.1, 0.15) is 0 Å². The molecule has 100 valence electrons. The molecule has 2 rings (SSSR count). The van der Waals surface area contributed by atoms with Crippen molar-refractivity contribution < 1.29 is 0 Å². The largest absolute Gasteiger partial charge is 0.368 e. The molecule has 0 saturated carbocycles. The number of rotatable bonds is 4. The molecule has 0 aliphatic carbocycles. The number of benzene rings is 2. The van der Waals surface area contributed by atoms with Gasteiger partial charge in [0.25, 0.3) is 0 Å². The van der Waals surface area contributed by atoms with Crippen molar-refractivity contribution in [2.45, 2.75) is 18.3 Å². The Morgan fingerprint density at radius 3 is 2.37 bits per heavy atom. The van der Waals surface area contributed by atoms with E-state index in [9.17, 15) is 0 Å². The Morgan fingerprint density at radius 1 is 1.11 bits per heavy atom. The lowest BCUT2D eigenvalue weighted by molar-refractivity contribution is 0.737. The molecular formula is C16H17BrClN. The number of hydrogen-bond acceptors (Lipinski definition) is 1. The summed E-state index contributed by atoms with van der Waals surface area (Å²) in [7, 11) is 2.13. The van der Waals surface area contributed by atoms with Gasteiger partial charge in [0.05, 0.1) is 6.04 Å². The van der Waals surface area contributed by atoms with Crippen molar-refractivity contribution in [1.82, 2.24) is 0 Å². The highest BCUT2D eigenvalue weighted by Crippen LogP contribution is 2.29. The van der Waals surface area contributed by atoms with Gasteiger partial charge in [0.2, 0.25) is 0 Å². The van der Waals surface area contributed by atoms with Crippen molar-refractivity contribution in [2.75, 3.05) is 11.9 Å². The lowest BCUT2D eigenvalue weighted by Gasteiger charge is -2.29. The number of alkyl halides is 1. The summed E-state index contributed by atoms with van der Waals surface area (Å²) in [6, 6.07) is 16.8.